The average molecular weight is 84.8 g/mol. The molecule has 30 valence electrons. The Morgan fingerprint density at radius 3 is 1.57 bits per heavy atom. The summed E-state index contributed by atoms with van der Waals surface area (Å²) in [7, 11) is 10.4. The zero-order valence-corrected chi connectivity index (χ0v) is 5.86. The highest BCUT2D eigenvalue weighted by atomic mass is 12.9. The fourth-order valence-corrected chi connectivity index (χ4v) is 0.471. The van der Waals surface area contributed by atoms with Crippen LogP contribution in [0.5, 0.6) is 0 Å². The summed E-state index contributed by atoms with van der Waals surface area (Å²) in [5.74, 6) is 0. The molecule has 0 bridgehead atoms. The summed E-state index contributed by atoms with van der Waals surface area (Å²) in [6.07, 6.45) is 1.77. The van der Waals surface area contributed by atoms with Gasteiger partial charge in [0, 0.05) is 19.8 Å². The molecule has 0 saturated heterocycles. The molecule has 0 unspecified atom stereocenters. The van der Waals surface area contributed by atoms with E-state index < -0.39 is 0 Å². The molecule has 0 aromatic carbocycles. The summed E-state index contributed by atoms with van der Waals surface area (Å²) in [4.78, 5) is 0. The maximum Gasteiger partial charge on any atom is 0.0594 e. The summed E-state index contributed by atoms with van der Waals surface area (Å²) in [5, 5.41) is 0. The van der Waals surface area contributed by atoms with Crippen molar-refractivity contribution in [3.8, 4) is 0 Å². The summed E-state index contributed by atoms with van der Waals surface area (Å²) in [6.45, 7) is 0. The standard InChI is InChI=1S/B7H9/c1-5-7(4)6(2)3/h5H,1-4H2. The molecule has 0 spiro atoms. The molecule has 0 aromatic heterocycles. The Bertz CT molecular complexity index is 37.3. The summed E-state index contributed by atoms with van der Waals surface area (Å²) < 4.78 is 0. The predicted molar refractivity (Wildman–Crippen MR) is 52.8 cm³/mol. The first-order chi connectivity index (χ1) is 3.18. The fourth-order valence-electron chi connectivity index (χ4n) is 0.471. The second kappa shape index (κ2) is 3.46. The van der Waals surface area contributed by atoms with E-state index in [4.69, 9.17) is 0 Å². The first-order valence-corrected chi connectivity index (χ1v) is 3.18. The van der Waals surface area contributed by atoms with Gasteiger partial charge in [0.1, 0.15) is 0 Å². The smallest absolute Gasteiger partial charge is 0.0172 e. The minimum atomic E-state index is 0.866. The average Bonchev–Trinajstić information content (AvgIpc) is 1.65. The molecule has 7 heavy (non-hydrogen) atoms. The van der Waals surface area contributed by atoms with E-state index in [-0.39, 0.29) is 0 Å². The molecule has 7 heteroatoms. The van der Waals surface area contributed by atoms with Gasteiger partial charge in [-0.2, -0.15) is 0 Å². The van der Waals surface area contributed by atoms with Crippen LogP contribution >= 0.6 is 0 Å². The van der Waals surface area contributed by atoms with Crippen LogP contribution in [0, 0.1) is 0 Å². The van der Waals surface area contributed by atoms with Crippen molar-refractivity contribution in [3.63, 3.8) is 0 Å². The fraction of sp³-hybridized carbons (Fsp3) is 0. The van der Waals surface area contributed by atoms with Crippen molar-refractivity contribution >= 4 is 50.8 Å². The molecule has 0 nitrogen and oxygen atoms in total. The second-order valence-corrected chi connectivity index (χ2v) is 2.63. The van der Waals surface area contributed by atoms with Gasteiger partial charge in [-0.3, -0.25) is 0 Å². The zero-order valence-electron chi connectivity index (χ0n) is 5.86. The van der Waals surface area contributed by atoms with Gasteiger partial charge in [0.2, 0.25) is 0 Å². The zero-order chi connectivity index (χ0) is 5.86. The quantitative estimate of drug-likeness (QED) is 0.294. The molecule has 0 amide bonds. The summed E-state index contributed by atoms with van der Waals surface area (Å²) in [5.41, 5.74) is 0. The Morgan fingerprint density at radius 1 is 1.14 bits per heavy atom. The summed E-state index contributed by atoms with van der Waals surface area (Å²) >= 11 is 0. The third kappa shape index (κ3) is 3.07. The third-order valence-electron chi connectivity index (χ3n) is 1.78. The molecule has 0 saturated carbocycles. The van der Waals surface area contributed by atoms with Gasteiger partial charge in [-0.05, 0) is 0 Å². The van der Waals surface area contributed by atoms with Crippen LogP contribution in [0.3, 0.4) is 0 Å². The Labute approximate surface area is 51.5 Å². The van der Waals surface area contributed by atoms with Crippen LogP contribution < -0.4 is 0 Å². The van der Waals surface area contributed by atoms with Crippen LogP contribution in [0.15, 0.2) is 0 Å². The van der Waals surface area contributed by atoms with Crippen molar-refractivity contribution in [2.24, 2.45) is 0 Å². The van der Waals surface area contributed by atoms with Crippen molar-refractivity contribution in [2.75, 3.05) is 0 Å². The van der Waals surface area contributed by atoms with Gasteiger partial charge in [0.25, 0.3) is 0 Å². The van der Waals surface area contributed by atoms with E-state index in [9.17, 15) is 0 Å². The second-order valence-electron chi connectivity index (χ2n) is 2.63. The van der Waals surface area contributed by atoms with E-state index in [0.717, 1.165) is 12.8 Å². The number of rotatable bonds is 2. The van der Waals surface area contributed by atoms with Crippen LogP contribution in [-0.2, 0) is 0 Å². The van der Waals surface area contributed by atoms with E-state index in [1.165, 1.54) is 7.06 Å². The van der Waals surface area contributed by atoms with Gasteiger partial charge in [0.05, 0.1) is 30.9 Å². The highest BCUT2D eigenvalue weighted by Crippen LogP contribution is 1.68. The van der Waals surface area contributed by atoms with Crippen molar-refractivity contribution in [2.45, 2.75) is 0 Å². The maximum absolute atomic E-state index is 2.30. The number of hydrogen-bond acceptors (Lipinski definition) is 0. The molecule has 0 N–H and O–H groups in total. The molecule has 0 atom stereocenters. The van der Waals surface area contributed by atoms with Crippen molar-refractivity contribution in [1.82, 2.24) is 0 Å². The molecule has 0 fully saturated rings. The minimum absolute atomic E-state index is 0.866. The largest absolute Gasteiger partial charge is 0.0594 e. The van der Waals surface area contributed by atoms with Gasteiger partial charge in [-0.25, -0.2) is 0 Å². The lowest BCUT2D eigenvalue weighted by molar-refractivity contribution is 3.70. The van der Waals surface area contributed by atoms with Crippen LogP contribution in [0.2, 0.25) is 0 Å². The molecule has 0 aliphatic carbocycles. The van der Waals surface area contributed by atoms with E-state index >= 15 is 0 Å². The maximum atomic E-state index is 2.30. The topological polar surface area (TPSA) is 0 Å². The van der Waals surface area contributed by atoms with Crippen LogP contribution in [-0.4, -0.2) is 50.8 Å². The Balaban J connectivity index is 3.14. The number of hydrogen-bond donors (Lipinski definition) is 0. The monoisotopic (exact) mass is 86.1 g/mol. The minimum Gasteiger partial charge on any atom is 0.0172 e. The Kier molecular flexibility index (Phi) is 3.68. The highest BCUT2D eigenvalue weighted by Gasteiger charge is 2.09. The van der Waals surface area contributed by atoms with Gasteiger partial charge in [0.15, 0.2) is 0 Å². The summed E-state index contributed by atoms with van der Waals surface area (Å²) in [6, 6.07) is 0. The molecule has 0 rings (SSSR count). The molecule has 0 aromatic rings. The first-order valence-electron chi connectivity index (χ1n) is 3.18. The molecule has 0 radical (unpaired) electrons. The Morgan fingerprint density at radius 2 is 1.57 bits per heavy atom. The molecular formula is H9B7. The molecule has 0 heterocycles. The normalized spacial score (nSPS) is 7.43. The van der Waals surface area contributed by atoms with Crippen molar-refractivity contribution in [1.29, 1.82) is 0 Å². The van der Waals surface area contributed by atoms with Gasteiger partial charge in [-0.1, -0.05) is 0 Å². The van der Waals surface area contributed by atoms with Gasteiger partial charge >= 0.3 is 0 Å². The van der Waals surface area contributed by atoms with E-state index in [1.54, 1.807) is 0 Å². The van der Waals surface area contributed by atoms with E-state index in [0.29, 0.717) is 0 Å². The first kappa shape index (κ1) is 7.45. The van der Waals surface area contributed by atoms with Crippen LogP contribution in [0.1, 0.15) is 0 Å². The van der Waals surface area contributed by atoms with Crippen molar-refractivity contribution < 1.29 is 0 Å². The van der Waals surface area contributed by atoms with Crippen molar-refractivity contribution in [3.05, 3.63) is 0 Å². The third-order valence-corrected chi connectivity index (χ3v) is 1.78. The van der Waals surface area contributed by atoms with E-state index in [1.807, 2.05) is 0 Å². The lowest BCUT2D eigenvalue weighted by atomic mass is 8.76. The molecule has 0 aliphatic heterocycles. The molecular weight excluding hydrogens is 75.7 g/mol. The predicted octanol–water partition coefficient (Wildman–Crippen LogP) is -5.07. The SMILES string of the molecule is BBB(B)B(B)B. The Hall–Kier alpha value is 0.455. The van der Waals surface area contributed by atoms with E-state index in [2.05, 4.69) is 30.9 Å². The van der Waals surface area contributed by atoms with Crippen LogP contribution in [0.4, 0.5) is 0 Å². The van der Waals surface area contributed by atoms with Crippen LogP contribution in [0.25, 0.3) is 0 Å². The lowest BCUT2D eigenvalue weighted by Crippen LogP contribution is -2.43. The van der Waals surface area contributed by atoms with Gasteiger partial charge < -0.3 is 0 Å². The van der Waals surface area contributed by atoms with Gasteiger partial charge in [-0.15, -0.1) is 0 Å². The lowest BCUT2D eigenvalue weighted by Gasteiger charge is -2.02. The molecule has 0 aliphatic rings. The highest BCUT2D eigenvalue weighted by molar-refractivity contribution is 7.81.